The van der Waals surface area contributed by atoms with Crippen molar-refractivity contribution in [2.45, 2.75) is 45.1 Å². The zero-order valence-corrected chi connectivity index (χ0v) is 13.2. The third-order valence-corrected chi connectivity index (χ3v) is 6.84. The summed E-state index contributed by atoms with van der Waals surface area (Å²) in [6.07, 6.45) is 5.32. The molecule has 2 bridgehead atoms. The molecule has 3 aliphatic rings. The number of hydrogen-bond acceptors (Lipinski definition) is 2. The minimum Gasteiger partial charge on any atom is -0.381 e. The normalized spacial score (nSPS) is 45.8. The smallest absolute Gasteiger partial charge is 0.0860 e. The molecule has 0 aromatic rings. The van der Waals surface area contributed by atoms with E-state index in [4.69, 9.17) is 9.47 Å². The van der Waals surface area contributed by atoms with Gasteiger partial charge in [-0.3, -0.25) is 0 Å². The van der Waals surface area contributed by atoms with Crippen LogP contribution in [0.2, 0.25) is 0 Å². The van der Waals surface area contributed by atoms with E-state index in [2.05, 4.69) is 29.8 Å². The second kappa shape index (κ2) is 4.75. The molecule has 0 amide bonds. The van der Waals surface area contributed by atoms with Gasteiger partial charge in [0.2, 0.25) is 0 Å². The van der Waals surface area contributed by atoms with Crippen molar-refractivity contribution in [3.8, 4) is 0 Å². The van der Waals surface area contributed by atoms with Crippen LogP contribution in [0.4, 0.5) is 0 Å². The van der Waals surface area contributed by atoms with Gasteiger partial charge in [0.1, 0.15) is 0 Å². The summed E-state index contributed by atoms with van der Waals surface area (Å²) in [7, 11) is 0. The maximum atomic E-state index is 6.55. The molecule has 4 unspecified atom stereocenters. The lowest BCUT2D eigenvalue weighted by Gasteiger charge is -2.49. The molecule has 0 radical (unpaired) electrons. The molecule has 2 aliphatic carbocycles. The predicted molar refractivity (Wildman–Crippen MR) is 76.0 cm³/mol. The van der Waals surface area contributed by atoms with Crippen LogP contribution < -0.4 is 0 Å². The summed E-state index contributed by atoms with van der Waals surface area (Å²) in [6.45, 7) is 7.54. The van der Waals surface area contributed by atoms with Gasteiger partial charge < -0.3 is 9.47 Å². The average molecular weight is 317 g/mol. The van der Waals surface area contributed by atoms with E-state index in [-0.39, 0.29) is 5.60 Å². The summed E-state index contributed by atoms with van der Waals surface area (Å²) in [6, 6.07) is 0. The van der Waals surface area contributed by atoms with Crippen molar-refractivity contribution < 1.29 is 9.47 Å². The molecule has 3 fully saturated rings. The van der Waals surface area contributed by atoms with E-state index in [1.54, 1.807) is 0 Å². The number of fused-ring (bicyclic) bond motifs is 2. The Morgan fingerprint density at radius 2 is 2.00 bits per heavy atom. The molecule has 0 spiro atoms. The molecule has 0 aromatic carbocycles. The van der Waals surface area contributed by atoms with E-state index >= 15 is 0 Å². The predicted octanol–water partition coefficient (Wildman–Crippen LogP) is 3.63. The largest absolute Gasteiger partial charge is 0.381 e. The summed E-state index contributed by atoms with van der Waals surface area (Å²) in [4.78, 5) is 0. The lowest BCUT2D eigenvalue weighted by Crippen LogP contribution is -2.53. The molecule has 3 heteroatoms. The zero-order chi connectivity index (χ0) is 12.8. The summed E-state index contributed by atoms with van der Waals surface area (Å²) < 4.78 is 12.0. The average Bonchev–Trinajstić information content (AvgIpc) is 3.03. The van der Waals surface area contributed by atoms with Gasteiger partial charge in [-0.25, -0.2) is 0 Å². The molecule has 3 rings (SSSR count). The molecule has 18 heavy (non-hydrogen) atoms. The van der Waals surface area contributed by atoms with Crippen molar-refractivity contribution >= 4 is 15.9 Å². The van der Waals surface area contributed by atoms with Gasteiger partial charge in [-0.15, -0.1) is 0 Å². The van der Waals surface area contributed by atoms with E-state index in [1.807, 2.05) is 0 Å². The molecule has 1 heterocycles. The van der Waals surface area contributed by atoms with Gasteiger partial charge in [0.05, 0.1) is 18.8 Å². The summed E-state index contributed by atoms with van der Waals surface area (Å²) in [5, 5.41) is 0.988. The molecule has 1 saturated heterocycles. The van der Waals surface area contributed by atoms with Gasteiger partial charge in [0, 0.05) is 17.9 Å². The molecule has 2 saturated carbocycles. The third-order valence-electron chi connectivity index (χ3n) is 6.00. The van der Waals surface area contributed by atoms with Gasteiger partial charge in [-0.2, -0.15) is 0 Å². The van der Waals surface area contributed by atoms with Crippen LogP contribution in [0, 0.1) is 23.2 Å². The van der Waals surface area contributed by atoms with Crippen LogP contribution in [0.25, 0.3) is 0 Å². The molecular formula is C15H25BrO2. The molecule has 0 aromatic heterocycles. The number of ether oxygens (including phenoxy) is 2. The number of alkyl halides is 1. The fourth-order valence-corrected chi connectivity index (χ4v) is 5.88. The second-order valence-electron chi connectivity index (χ2n) is 6.99. The molecular weight excluding hydrogens is 292 g/mol. The van der Waals surface area contributed by atoms with E-state index in [9.17, 15) is 0 Å². The number of rotatable bonds is 4. The number of halogens is 1. The lowest BCUT2D eigenvalue weighted by atomic mass is 9.66. The Bertz CT molecular complexity index is 312. The van der Waals surface area contributed by atoms with Crippen LogP contribution in [0.5, 0.6) is 0 Å². The first-order chi connectivity index (χ1) is 8.60. The highest BCUT2D eigenvalue weighted by molar-refractivity contribution is 9.09. The maximum Gasteiger partial charge on any atom is 0.0860 e. The third kappa shape index (κ3) is 1.81. The van der Waals surface area contributed by atoms with Crippen LogP contribution in [0.1, 0.15) is 39.5 Å². The second-order valence-corrected chi connectivity index (χ2v) is 7.55. The minimum absolute atomic E-state index is 0.0680. The Balaban J connectivity index is 1.73. The van der Waals surface area contributed by atoms with Gasteiger partial charge in [0.15, 0.2) is 0 Å². The fourth-order valence-electron chi connectivity index (χ4n) is 4.54. The Morgan fingerprint density at radius 1 is 1.22 bits per heavy atom. The Kier molecular flexibility index (Phi) is 3.53. The van der Waals surface area contributed by atoms with E-state index < -0.39 is 0 Å². The fraction of sp³-hybridized carbons (Fsp3) is 1.00. The Labute approximate surface area is 119 Å². The molecule has 2 nitrogen and oxygen atoms in total. The van der Waals surface area contributed by atoms with Gasteiger partial charge in [-0.1, -0.05) is 29.8 Å². The first-order valence-corrected chi connectivity index (χ1v) is 8.50. The van der Waals surface area contributed by atoms with Gasteiger partial charge >= 0.3 is 0 Å². The maximum absolute atomic E-state index is 6.55. The van der Waals surface area contributed by atoms with Crippen molar-refractivity contribution in [1.82, 2.24) is 0 Å². The van der Waals surface area contributed by atoms with Crippen molar-refractivity contribution in [3.63, 3.8) is 0 Å². The highest BCUT2D eigenvalue weighted by Crippen LogP contribution is 2.63. The van der Waals surface area contributed by atoms with Gasteiger partial charge in [0.25, 0.3) is 0 Å². The monoisotopic (exact) mass is 316 g/mol. The molecule has 0 N–H and O–H groups in total. The van der Waals surface area contributed by atoms with Crippen LogP contribution in [-0.2, 0) is 9.47 Å². The van der Waals surface area contributed by atoms with Crippen LogP contribution >= 0.6 is 15.9 Å². The topological polar surface area (TPSA) is 18.5 Å². The lowest BCUT2D eigenvalue weighted by molar-refractivity contribution is -0.145. The molecule has 104 valence electrons. The van der Waals surface area contributed by atoms with Crippen LogP contribution in [0.15, 0.2) is 0 Å². The first kappa shape index (κ1) is 13.4. The zero-order valence-electron chi connectivity index (χ0n) is 11.6. The van der Waals surface area contributed by atoms with Gasteiger partial charge in [-0.05, 0) is 42.9 Å². The van der Waals surface area contributed by atoms with E-state index in [1.165, 1.54) is 25.7 Å². The Morgan fingerprint density at radius 3 is 2.56 bits per heavy atom. The standard InChI is InChI=1S/C15H25BrO2/c1-14(2)12-3-4-13(7-12)15(14,10-16)18-9-11-5-6-17-8-11/h11-13H,3-10H2,1-2H3. The van der Waals surface area contributed by atoms with Crippen molar-refractivity contribution in [2.24, 2.45) is 23.2 Å². The SMILES string of the molecule is CC1(C)C2CCC(C2)C1(CBr)OCC1CCOC1. The van der Waals surface area contributed by atoms with Crippen molar-refractivity contribution in [1.29, 1.82) is 0 Å². The van der Waals surface area contributed by atoms with Crippen molar-refractivity contribution in [2.75, 3.05) is 25.2 Å². The highest BCUT2D eigenvalue weighted by Gasteiger charge is 2.63. The van der Waals surface area contributed by atoms with Crippen LogP contribution in [-0.4, -0.2) is 30.8 Å². The van der Waals surface area contributed by atoms with E-state index in [0.29, 0.717) is 11.3 Å². The van der Waals surface area contributed by atoms with Crippen molar-refractivity contribution in [3.05, 3.63) is 0 Å². The van der Waals surface area contributed by atoms with Crippen LogP contribution in [0.3, 0.4) is 0 Å². The summed E-state index contributed by atoms with van der Waals surface area (Å²) in [5.74, 6) is 2.25. The quantitative estimate of drug-likeness (QED) is 0.737. The summed E-state index contributed by atoms with van der Waals surface area (Å²) >= 11 is 3.76. The number of hydrogen-bond donors (Lipinski definition) is 0. The Hall–Kier alpha value is 0.400. The molecule has 4 atom stereocenters. The van der Waals surface area contributed by atoms with E-state index in [0.717, 1.165) is 37.0 Å². The highest BCUT2D eigenvalue weighted by atomic mass is 79.9. The summed E-state index contributed by atoms with van der Waals surface area (Å²) in [5.41, 5.74) is 0.386. The first-order valence-electron chi connectivity index (χ1n) is 7.38. The molecule has 1 aliphatic heterocycles. The minimum atomic E-state index is 0.0680.